The van der Waals surface area contributed by atoms with Crippen molar-refractivity contribution in [2.75, 3.05) is 18.1 Å². The monoisotopic (exact) mass is 546 g/mol. The first-order valence-electron chi connectivity index (χ1n) is 13.0. The Morgan fingerprint density at radius 1 is 1.08 bits per heavy atom. The van der Waals surface area contributed by atoms with E-state index in [9.17, 15) is 14.7 Å². The maximum absolute atomic E-state index is 13.7. The molecule has 1 aliphatic heterocycles. The molecule has 1 atom stereocenters. The molecular formula is C30H30N2O6S. The standard InChI is InChI=1S/C30H30N2O6S/c1-5-7-14-37-21-13-10-19(16-23(21)36-6-2)26-25(27(33)22-12-9-18(4)38-22)28(34)29(35)32(26)30-31-20-11-8-17(3)15-24(20)39-30/h8-13,15-16,26,34H,5-7,14H2,1-4H3. The minimum atomic E-state index is -0.957. The molecular weight excluding hydrogens is 516 g/mol. The molecule has 2 aromatic heterocycles. The van der Waals surface area contributed by atoms with Crippen molar-refractivity contribution in [3.63, 3.8) is 0 Å². The van der Waals surface area contributed by atoms with E-state index in [4.69, 9.17) is 13.9 Å². The van der Waals surface area contributed by atoms with E-state index < -0.39 is 23.5 Å². The molecule has 8 nitrogen and oxygen atoms in total. The zero-order valence-electron chi connectivity index (χ0n) is 22.3. The zero-order chi connectivity index (χ0) is 27.7. The summed E-state index contributed by atoms with van der Waals surface area (Å²) in [5.74, 6) is -0.254. The van der Waals surface area contributed by atoms with Crippen molar-refractivity contribution in [3.8, 4) is 11.5 Å². The third kappa shape index (κ3) is 5.02. The van der Waals surface area contributed by atoms with Gasteiger partial charge in [-0.1, -0.05) is 36.8 Å². The number of Topliss-reactive ketones (excluding diaryl/α,β-unsaturated/α-hetero) is 1. The predicted octanol–water partition coefficient (Wildman–Crippen LogP) is 6.87. The minimum absolute atomic E-state index is 0.0400. The summed E-state index contributed by atoms with van der Waals surface area (Å²) in [5.41, 5.74) is 2.28. The van der Waals surface area contributed by atoms with Gasteiger partial charge in [0.25, 0.3) is 5.91 Å². The molecule has 0 saturated heterocycles. The molecule has 5 rings (SSSR count). The molecule has 0 bridgehead atoms. The van der Waals surface area contributed by atoms with Crippen molar-refractivity contribution in [1.29, 1.82) is 0 Å². The van der Waals surface area contributed by atoms with Crippen LogP contribution in [0.5, 0.6) is 11.5 Å². The molecule has 0 radical (unpaired) electrons. The highest BCUT2D eigenvalue weighted by molar-refractivity contribution is 7.22. The number of hydrogen-bond acceptors (Lipinski definition) is 8. The van der Waals surface area contributed by atoms with E-state index >= 15 is 0 Å². The average molecular weight is 547 g/mol. The highest BCUT2D eigenvalue weighted by Crippen LogP contribution is 2.46. The van der Waals surface area contributed by atoms with Gasteiger partial charge in [-0.25, -0.2) is 4.98 Å². The number of nitrogens with zero attached hydrogens (tertiary/aromatic N) is 2. The van der Waals surface area contributed by atoms with Crippen LogP contribution in [0.4, 0.5) is 5.13 Å². The van der Waals surface area contributed by atoms with Gasteiger partial charge in [0.1, 0.15) is 5.76 Å². The number of thiazole rings is 1. The zero-order valence-corrected chi connectivity index (χ0v) is 23.1. The van der Waals surface area contributed by atoms with Crippen LogP contribution in [-0.4, -0.2) is 35.0 Å². The first-order chi connectivity index (χ1) is 18.8. The molecule has 9 heteroatoms. The molecule has 39 heavy (non-hydrogen) atoms. The molecule has 202 valence electrons. The van der Waals surface area contributed by atoms with Crippen molar-refractivity contribution >= 4 is 38.4 Å². The Labute approximate surface area is 230 Å². The summed E-state index contributed by atoms with van der Waals surface area (Å²) < 4.78 is 18.3. The van der Waals surface area contributed by atoms with Crippen LogP contribution in [0.3, 0.4) is 0 Å². The molecule has 2 aromatic carbocycles. The number of hydrogen-bond donors (Lipinski definition) is 1. The number of benzene rings is 2. The Balaban J connectivity index is 1.64. The molecule has 1 N–H and O–H groups in total. The Bertz CT molecular complexity index is 1580. The number of ketones is 1. The summed E-state index contributed by atoms with van der Waals surface area (Å²) >= 11 is 1.32. The number of anilines is 1. The molecule has 1 aliphatic rings. The number of furan rings is 1. The first kappa shape index (κ1) is 26.5. The number of aliphatic hydroxyl groups excluding tert-OH is 1. The first-order valence-corrected chi connectivity index (χ1v) is 13.8. The Morgan fingerprint density at radius 2 is 1.90 bits per heavy atom. The highest BCUT2D eigenvalue weighted by Gasteiger charge is 2.46. The normalized spacial score (nSPS) is 15.4. The van der Waals surface area contributed by atoms with Gasteiger partial charge in [-0.05, 0) is 74.7 Å². The van der Waals surface area contributed by atoms with E-state index in [1.807, 2.05) is 32.0 Å². The molecule has 0 aliphatic carbocycles. The fraction of sp³-hybridized carbons (Fsp3) is 0.300. The third-order valence-corrected chi connectivity index (χ3v) is 7.51. The van der Waals surface area contributed by atoms with Gasteiger partial charge in [-0.3, -0.25) is 14.5 Å². The largest absolute Gasteiger partial charge is 0.503 e. The summed E-state index contributed by atoms with van der Waals surface area (Å²) in [6.45, 7) is 8.61. The maximum atomic E-state index is 13.7. The number of fused-ring (bicyclic) bond motifs is 1. The van der Waals surface area contributed by atoms with Crippen LogP contribution in [0.25, 0.3) is 10.2 Å². The SMILES string of the molecule is CCCCOc1ccc(C2C(C(=O)c3ccc(C)o3)=C(O)C(=O)N2c2nc3ccc(C)cc3s2)cc1OCC. The Hall–Kier alpha value is -4.11. The summed E-state index contributed by atoms with van der Waals surface area (Å²) in [6.07, 6.45) is 1.89. The third-order valence-electron chi connectivity index (χ3n) is 6.49. The van der Waals surface area contributed by atoms with Crippen LogP contribution in [0, 0.1) is 13.8 Å². The van der Waals surface area contributed by atoms with Crippen molar-refractivity contribution in [1.82, 2.24) is 4.98 Å². The second-order valence-corrected chi connectivity index (χ2v) is 10.4. The predicted molar refractivity (Wildman–Crippen MR) is 150 cm³/mol. The molecule has 3 heterocycles. The molecule has 0 fully saturated rings. The molecule has 0 saturated carbocycles. The summed E-state index contributed by atoms with van der Waals surface area (Å²) in [6, 6.07) is 13.4. The van der Waals surface area contributed by atoms with Crippen LogP contribution in [0.2, 0.25) is 0 Å². The van der Waals surface area contributed by atoms with E-state index in [0.717, 1.165) is 28.6 Å². The summed E-state index contributed by atoms with van der Waals surface area (Å²) in [4.78, 5) is 33.3. The second kappa shape index (κ2) is 10.9. The van der Waals surface area contributed by atoms with Crippen LogP contribution in [0.15, 0.2) is 64.3 Å². The van der Waals surface area contributed by atoms with Crippen LogP contribution in [-0.2, 0) is 4.79 Å². The molecule has 1 unspecified atom stereocenters. The topological polar surface area (TPSA) is 102 Å². The van der Waals surface area contributed by atoms with Gasteiger partial charge in [0.2, 0.25) is 5.78 Å². The number of unbranched alkanes of at least 4 members (excludes halogenated alkanes) is 1. The van der Waals surface area contributed by atoms with Gasteiger partial charge in [0.05, 0.1) is 35.0 Å². The lowest BCUT2D eigenvalue weighted by atomic mass is 9.95. The van der Waals surface area contributed by atoms with E-state index in [2.05, 4.69) is 11.9 Å². The Kier molecular flexibility index (Phi) is 7.43. The maximum Gasteiger partial charge on any atom is 0.296 e. The lowest BCUT2D eigenvalue weighted by Crippen LogP contribution is -2.31. The number of carbonyl (C=O) groups excluding carboxylic acids is 2. The van der Waals surface area contributed by atoms with Gasteiger partial charge in [-0.15, -0.1) is 0 Å². The van der Waals surface area contributed by atoms with Gasteiger partial charge in [0.15, 0.2) is 28.1 Å². The van der Waals surface area contributed by atoms with Crippen LogP contribution in [0.1, 0.15) is 60.2 Å². The lowest BCUT2D eigenvalue weighted by molar-refractivity contribution is -0.117. The Morgan fingerprint density at radius 3 is 2.62 bits per heavy atom. The number of ether oxygens (including phenoxy) is 2. The number of rotatable bonds is 10. The molecule has 0 spiro atoms. The van der Waals surface area contributed by atoms with E-state index in [-0.39, 0.29) is 11.3 Å². The lowest BCUT2D eigenvalue weighted by Gasteiger charge is -2.25. The summed E-state index contributed by atoms with van der Waals surface area (Å²) in [7, 11) is 0. The minimum Gasteiger partial charge on any atom is -0.503 e. The molecule has 1 amide bonds. The average Bonchev–Trinajstić information content (AvgIpc) is 3.60. The van der Waals surface area contributed by atoms with E-state index in [0.29, 0.717) is 41.2 Å². The number of aromatic nitrogens is 1. The highest BCUT2D eigenvalue weighted by atomic mass is 32.1. The van der Waals surface area contributed by atoms with Crippen molar-refractivity contribution in [2.24, 2.45) is 0 Å². The van der Waals surface area contributed by atoms with Gasteiger partial charge >= 0.3 is 0 Å². The number of carbonyl (C=O) groups is 2. The fourth-order valence-corrected chi connectivity index (χ4v) is 5.66. The van der Waals surface area contributed by atoms with Gasteiger partial charge in [0, 0.05) is 0 Å². The van der Waals surface area contributed by atoms with Crippen molar-refractivity contribution in [3.05, 3.63) is 82.5 Å². The number of amides is 1. The fourth-order valence-electron chi connectivity index (χ4n) is 4.57. The quantitative estimate of drug-likeness (QED) is 0.171. The summed E-state index contributed by atoms with van der Waals surface area (Å²) in [5, 5.41) is 11.5. The number of aliphatic hydroxyl groups is 1. The smallest absolute Gasteiger partial charge is 0.296 e. The van der Waals surface area contributed by atoms with Crippen LogP contribution >= 0.6 is 11.3 Å². The second-order valence-electron chi connectivity index (χ2n) is 9.39. The van der Waals surface area contributed by atoms with Gasteiger partial charge in [-0.2, -0.15) is 0 Å². The molecule has 4 aromatic rings. The van der Waals surface area contributed by atoms with E-state index in [1.165, 1.54) is 16.2 Å². The number of aryl methyl sites for hydroxylation is 2. The van der Waals surface area contributed by atoms with Crippen molar-refractivity contribution in [2.45, 2.75) is 46.6 Å². The van der Waals surface area contributed by atoms with Gasteiger partial charge < -0.3 is 19.0 Å². The van der Waals surface area contributed by atoms with Crippen molar-refractivity contribution < 1.29 is 28.6 Å². The van der Waals surface area contributed by atoms with E-state index in [1.54, 1.807) is 37.3 Å². The van der Waals surface area contributed by atoms with Crippen LogP contribution < -0.4 is 14.4 Å².